The number of rotatable bonds is 7. The van der Waals surface area contributed by atoms with Crippen molar-refractivity contribution in [2.24, 2.45) is 0 Å². The molecule has 0 saturated carbocycles. The highest BCUT2D eigenvalue weighted by molar-refractivity contribution is 7.92. The highest BCUT2D eigenvalue weighted by atomic mass is 32.2. The Balaban J connectivity index is 1.58. The topological polar surface area (TPSA) is 79.0 Å². The van der Waals surface area contributed by atoms with Gasteiger partial charge in [-0.2, -0.15) is 0 Å². The number of carbonyl (C=O) groups is 1. The van der Waals surface area contributed by atoms with E-state index in [1.165, 1.54) is 23.5 Å². The Morgan fingerprint density at radius 2 is 2.00 bits per heavy atom. The van der Waals surface area contributed by atoms with Crippen molar-refractivity contribution in [2.75, 3.05) is 37.6 Å². The van der Waals surface area contributed by atoms with Gasteiger partial charge in [0.25, 0.3) is 15.9 Å². The molecule has 0 radical (unpaired) electrons. The number of sulfonamides is 1. The smallest absolute Gasteiger partial charge is 0.264 e. The number of methoxy groups -OCH3 is 1. The Hall–Kier alpha value is -2.58. The summed E-state index contributed by atoms with van der Waals surface area (Å²) < 4.78 is 33.5. The summed E-state index contributed by atoms with van der Waals surface area (Å²) in [4.78, 5) is 15.4. The van der Waals surface area contributed by atoms with Crippen LogP contribution in [-0.2, 0) is 16.4 Å². The maximum absolute atomic E-state index is 13.4. The third-order valence-corrected chi connectivity index (χ3v) is 8.06. The zero-order chi connectivity index (χ0) is 22.0. The molecule has 1 fully saturated rings. The molecule has 0 bridgehead atoms. The van der Waals surface area contributed by atoms with Crippen LogP contribution in [0, 0.1) is 0 Å². The van der Waals surface area contributed by atoms with Crippen molar-refractivity contribution in [1.82, 2.24) is 10.2 Å². The first-order chi connectivity index (χ1) is 15.0. The molecule has 1 amide bonds. The summed E-state index contributed by atoms with van der Waals surface area (Å²) in [5, 5.41) is 2.97. The van der Waals surface area contributed by atoms with Gasteiger partial charge in [0.15, 0.2) is 0 Å². The van der Waals surface area contributed by atoms with Crippen molar-refractivity contribution in [2.45, 2.75) is 37.1 Å². The minimum absolute atomic E-state index is 0.0891. The Labute approximate surface area is 184 Å². The number of para-hydroxylation sites is 1. The van der Waals surface area contributed by atoms with Gasteiger partial charge in [0.1, 0.15) is 5.75 Å². The van der Waals surface area contributed by atoms with Gasteiger partial charge in [-0.1, -0.05) is 25.1 Å². The maximum atomic E-state index is 13.4. The number of anilines is 1. The molecule has 2 heterocycles. The lowest BCUT2D eigenvalue weighted by Crippen LogP contribution is -2.40. The fraction of sp³-hybridized carbons (Fsp3) is 0.435. The summed E-state index contributed by atoms with van der Waals surface area (Å²) in [5.41, 5.74) is 1.94. The molecule has 8 heteroatoms. The first-order valence-electron chi connectivity index (χ1n) is 10.8. The minimum Gasteiger partial charge on any atom is -0.496 e. The number of ether oxygens (including phenoxy) is 1. The third-order valence-electron chi connectivity index (χ3n) is 6.25. The highest BCUT2D eigenvalue weighted by Crippen LogP contribution is 2.34. The lowest BCUT2D eigenvalue weighted by Gasteiger charge is -2.23. The maximum Gasteiger partial charge on any atom is 0.264 e. The third kappa shape index (κ3) is 4.14. The van der Waals surface area contributed by atoms with Crippen molar-refractivity contribution in [3.8, 4) is 5.75 Å². The van der Waals surface area contributed by atoms with Crippen molar-refractivity contribution >= 4 is 21.6 Å². The Kier molecular flexibility index (Phi) is 6.20. The lowest BCUT2D eigenvalue weighted by atomic mass is 10.1. The van der Waals surface area contributed by atoms with Gasteiger partial charge in [0.05, 0.1) is 23.3 Å². The van der Waals surface area contributed by atoms with E-state index < -0.39 is 10.0 Å². The van der Waals surface area contributed by atoms with Crippen LogP contribution in [0.3, 0.4) is 0 Å². The average Bonchev–Trinajstić information content (AvgIpc) is 3.43. The number of benzene rings is 2. The standard InChI is InChI=1S/C23H29N3O4S/c1-3-25-13-6-8-18(25)16-24-23(27)20-15-19(10-11-22(20)30-2)31(28,29)26-14-12-17-7-4-5-9-21(17)26/h4-5,7,9-11,15,18H,3,6,8,12-14,16H2,1-2H3,(H,24,27)/t18-/m1/s1. The number of hydrogen-bond donors (Lipinski definition) is 1. The Morgan fingerprint density at radius 3 is 2.77 bits per heavy atom. The normalized spacial score (nSPS) is 18.8. The monoisotopic (exact) mass is 443 g/mol. The number of likely N-dealkylation sites (tertiary alicyclic amines) is 1. The van der Waals surface area contributed by atoms with Gasteiger partial charge in [-0.25, -0.2) is 8.42 Å². The number of amides is 1. The van der Waals surface area contributed by atoms with Crippen LogP contribution in [0.5, 0.6) is 5.75 Å². The van der Waals surface area contributed by atoms with E-state index in [2.05, 4.69) is 17.1 Å². The average molecular weight is 444 g/mol. The zero-order valence-corrected chi connectivity index (χ0v) is 18.8. The summed E-state index contributed by atoms with van der Waals surface area (Å²) in [5.74, 6) is 0.0377. The van der Waals surface area contributed by atoms with Gasteiger partial charge in [-0.15, -0.1) is 0 Å². The zero-order valence-electron chi connectivity index (χ0n) is 18.0. The summed E-state index contributed by atoms with van der Waals surface area (Å²) in [6.07, 6.45) is 2.85. The molecule has 7 nitrogen and oxygen atoms in total. The molecule has 2 aromatic carbocycles. The van der Waals surface area contributed by atoms with Crippen molar-refractivity contribution in [3.05, 3.63) is 53.6 Å². The second-order valence-electron chi connectivity index (χ2n) is 7.95. The second kappa shape index (κ2) is 8.88. The van der Waals surface area contributed by atoms with E-state index >= 15 is 0 Å². The molecule has 1 saturated heterocycles. The molecule has 2 aromatic rings. The summed E-state index contributed by atoms with van der Waals surface area (Å²) in [7, 11) is -2.31. The van der Waals surface area contributed by atoms with E-state index in [1.807, 2.05) is 24.3 Å². The van der Waals surface area contributed by atoms with E-state index in [9.17, 15) is 13.2 Å². The number of nitrogens with one attached hydrogen (secondary N) is 1. The largest absolute Gasteiger partial charge is 0.496 e. The number of fused-ring (bicyclic) bond motifs is 1. The number of nitrogens with zero attached hydrogens (tertiary/aromatic N) is 2. The molecular formula is C23H29N3O4S. The molecule has 0 spiro atoms. The van der Waals surface area contributed by atoms with Crippen LogP contribution in [0.2, 0.25) is 0 Å². The molecular weight excluding hydrogens is 414 g/mol. The van der Waals surface area contributed by atoms with Gasteiger partial charge in [0.2, 0.25) is 0 Å². The lowest BCUT2D eigenvalue weighted by molar-refractivity contribution is 0.0938. The van der Waals surface area contributed by atoms with Gasteiger partial charge >= 0.3 is 0 Å². The van der Waals surface area contributed by atoms with Crippen LogP contribution in [0.4, 0.5) is 5.69 Å². The first kappa shape index (κ1) is 21.6. The molecule has 2 aliphatic heterocycles. The summed E-state index contributed by atoms with van der Waals surface area (Å²) >= 11 is 0. The van der Waals surface area contributed by atoms with E-state index in [0.29, 0.717) is 37.0 Å². The number of hydrogen-bond acceptors (Lipinski definition) is 5. The summed E-state index contributed by atoms with van der Waals surface area (Å²) in [6.45, 7) is 5.05. The molecule has 0 aromatic heterocycles. The number of likely N-dealkylation sites (N-methyl/N-ethyl adjacent to an activating group) is 1. The van der Waals surface area contributed by atoms with Crippen LogP contribution >= 0.6 is 0 Å². The first-order valence-corrected chi connectivity index (χ1v) is 12.2. The van der Waals surface area contributed by atoms with Gasteiger partial charge in [0, 0.05) is 19.1 Å². The van der Waals surface area contributed by atoms with Crippen molar-refractivity contribution < 1.29 is 17.9 Å². The van der Waals surface area contributed by atoms with E-state index in [0.717, 1.165) is 31.5 Å². The second-order valence-corrected chi connectivity index (χ2v) is 9.81. The fourth-order valence-corrected chi connectivity index (χ4v) is 6.09. The predicted molar refractivity (Wildman–Crippen MR) is 120 cm³/mol. The predicted octanol–water partition coefficient (Wildman–Crippen LogP) is 2.66. The highest BCUT2D eigenvalue weighted by Gasteiger charge is 2.32. The number of carbonyl (C=O) groups excluding carboxylic acids is 1. The Bertz CT molecular complexity index is 1070. The van der Waals surface area contributed by atoms with Crippen LogP contribution in [0.25, 0.3) is 0 Å². The molecule has 0 aliphatic carbocycles. The molecule has 31 heavy (non-hydrogen) atoms. The van der Waals surface area contributed by atoms with E-state index in [1.54, 1.807) is 6.07 Å². The van der Waals surface area contributed by atoms with E-state index in [-0.39, 0.29) is 16.4 Å². The minimum atomic E-state index is -3.79. The molecule has 1 atom stereocenters. The SMILES string of the molecule is CCN1CCC[C@@H]1CNC(=O)c1cc(S(=O)(=O)N2CCc3ccccc32)ccc1OC. The van der Waals surface area contributed by atoms with Gasteiger partial charge in [-0.3, -0.25) is 14.0 Å². The van der Waals surface area contributed by atoms with Crippen LogP contribution in [0.15, 0.2) is 47.4 Å². The molecule has 2 aliphatic rings. The van der Waals surface area contributed by atoms with Crippen LogP contribution < -0.4 is 14.4 Å². The summed E-state index contributed by atoms with van der Waals surface area (Å²) in [6, 6.07) is 12.3. The molecule has 1 N–H and O–H groups in total. The Morgan fingerprint density at radius 1 is 1.19 bits per heavy atom. The van der Waals surface area contributed by atoms with Gasteiger partial charge in [-0.05, 0) is 62.2 Å². The van der Waals surface area contributed by atoms with Crippen LogP contribution in [0.1, 0.15) is 35.7 Å². The van der Waals surface area contributed by atoms with Gasteiger partial charge < -0.3 is 10.1 Å². The van der Waals surface area contributed by atoms with Crippen molar-refractivity contribution in [1.29, 1.82) is 0 Å². The fourth-order valence-electron chi connectivity index (χ4n) is 4.56. The quantitative estimate of drug-likeness (QED) is 0.712. The van der Waals surface area contributed by atoms with E-state index in [4.69, 9.17) is 4.74 Å². The van der Waals surface area contributed by atoms with Crippen LogP contribution in [-0.4, -0.2) is 58.6 Å². The molecule has 4 rings (SSSR count). The molecule has 0 unspecified atom stereocenters. The van der Waals surface area contributed by atoms with Crippen molar-refractivity contribution in [3.63, 3.8) is 0 Å². The molecule has 166 valence electrons.